The van der Waals surface area contributed by atoms with E-state index in [9.17, 15) is 0 Å². The van der Waals surface area contributed by atoms with Crippen molar-refractivity contribution in [1.29, 1.82) is 0 Å². The zero-order valence-corrected chi connectivity index (χ0v) is 8.34. The molecule has 2 atom stereocenters. The van der Waals surface area contributed by atoms with E-state index in [1.54, 1.807) is 0 Å². The molecule has 0 heterocycles. The molecule has 1 aliphatic carbocycles. The van der Waals surface area contributed by atoms with Crippen LogP contribution < -0.4 is 11.3 Å². The number of hydrogen-bond donors (Lipinski definition) is 2. The van der Waals surface area contributed by atoms with Gasteiger partial charge in [-0.15, -0.1) is 0 Å². The van der Waals surface area contributed by atoms with Crippen molar-refractivity contribution in [2.75, 3.05) is 0 Å². The highest BCUT2D eigenvalue weighted by atomic mass is 15.2. The van der Waals surface area contributed by atoms with E-state index >= 15 is 0 Å². The van der Waals surface area contributed by atoms with Crippen molar-refractivity contribution in [3.8, 4) is 0 Å². The molecule has 1 saturated carbocycles. The summed E-state index contributed by atoms with van der Waals surface area (Å²) >= 11 is 0. The van der Waals surface area contributed by atoms with Crippen LogP contribution in [-0.2, 0) is 0 Å². The SMILES string of the molecule is CC(C)CC1CCCC(NN)C1. The molecule has 0 bridgehead atoms. The topological polar surface area (TPSA) is 38.0 Å². The Hall–Kier alpha value is -0.0800. The Bertz CT molecular complexity index is 123. The Morgan fingerprint density at radius 2 is 2.17 bits per heavy atom. The first kappa shape index (κ1) is 10.0. The Kier molecular flexibility index (Phi) is 4.02. The van der Waals surface area contributed by atoms with Gasteiger partial charge in [0.1, 0.15) is 0 Å². The van der Waals surface area contributed by atoms with Gasteiger partial charge in [-0.25, -0.2) is 0 Å². The quantitative estimate of drug-likeness (QED) is 0.502. The molecule has 0 amide bonds. The van der Waals surface area contributed by atoms with Crippen molar-refractivity contribution in [2.24, 2.45) is 17.7 Å². The third-order valence-corrected chi connectivity index (χ3v) is 2.82. The maximum absolute atomic E-state index is 5.45. The predicted molar refractivity (Wildman–Crippen MR) is 52.5 cm³/mol. The highest BCUT2D eigenvalue weighted by molar-refractivity contribution is 4.76. The van der Waals surface area contributed by atoms with Gasteiger partial charge in [0.15, 0.2) is 0 Å². The molecule has 1 fully saturated rings. The Labute approximate surface area is 75.9 Å². The zero-order valence-electron chi connectivity index (χ0n) is 8.34. The van der Waals surface area contributed by atoms with Gasteiger partial charge in [-0.3, -0.25) is 11.3 Å². The summed E-state index contributed by atoms with van der Waals surface area (Å²) in [6.07, 6.45) is 6.70. The predicted octanol–water partition coefficient (Wildman–Crippen LogP) is 2.05. The van der Waals surface area contributed by atoms with Gasteiger partial charge >= 0.3 is 0 Å². The van der Waals surface area contributed by atoms with E-state index in [1.807, 2.05) is 0 Å². The number of rotatable bonds is 3. The molecule has 0 aliphatic heterocycles. The van der Waals surface area contributed by atoms with Crippen LogP contribution in [0.1, 0.15) is 46.0 Å². The average molecular weight is 170 g/mol. The summed E-state index contributed by atoms with van der Waals surface area (Å²) in [6.45, 7) is 4.61. The van der Waals surface area contributed by atoms with Gasteiger partial charge in [0.25, 0.3) is 0 Å². The molecule has 2 unspecified atom stereocenters. The monoisotopic (exact) mass is 170 g/mol. The van der Waals surface area contributed by atoms with Gasteiger partial charge in [0.05, 0.1) is 0 Å². The van der Waals surface area contributed by atoms with Gasteiger partial charge in [-0.2, -0.15) is 0 Å². The van der Waals surface area contributed by atoms with Crippen LogP contribution in [0.3, 0.4) is 0 Å². The molecule has 2 nitrogen and oxygen atoms in total. The minimum Gasteiger partial charge on any atom is -0.271 e. The summed E-state index contributed by atoms with van der Waals surface area (Å²) in [5.41, 5.74) is 2.91. The first-order valence-corrected chi connectivity index (χ1v) is 5.18. The van der Waals surface area contributed by atoms with Crippen LogP contribution in [0.15, 0.2) is 0 Å². The Morgan fingerprint density at radius 3 is 2.75 bits per heavy atom. The number of hydrogen-bond acceptors (Lipinski definition) is 2. The van der Waals surface area contributed by atoms with E-state index in [2.05, 4.69) is 19.3 Å². The van der Waals surface area contributed by atoms with Crippen LogP contribution >= 0.6 is 0 Å². The van der Waals surface area contributed by atoms with Gasteiger partial charge in [0, 0.05) is 6.04 Å². The summed E-state index contributed by atoms with van der Waals surface area (Å²) in [5.74, 6) is 7.20. The molecular formula is C10H22N2. The molecule has 0 radical (unpaired) electrons. The largest absolute Gasteiger partial charge is 0.271 e. The lowest BCUT2D eigenvalue weighted by atomic mass is 9.81. The molecule has 1 aliphatic rings. The highest BCUT2D eigenvalue weighted by Gasteiger charge is 2.21. The van der Waals surface area contributed by atoms with Crippen LogP contribution in [0.4, 0.5) is 0 Å². The molecule has 12 heavy (non-hydrogen) atoms. The lowest BCUT2D eigenvalue weighted by molar-refractivity contribution is 0.254. The number of nitrogens with two attached hydrogens (primary N) is 1. The second-order valence-electron chi connectivity index (χ2n) is 4.53. The molecule has 0 aromatic rings. The van der Waals surface area contributed by atoms with Gasteiger partial charge < -0.3 is 0 Å². The van der Waals surface area contributed by atoms with Crippen molar-refractivity contribution in [3.63, 3.8) is 0 Å². The molecule has 1 rings (SSSR count). The standard InChI is InChI=1S/C10H22N2/c1-8(2)6-9-4-3-5-10(7-9)12-11/h8-10,12H,3-7,11H2,1-2H3. The molecule has 2 heteroatoms. The smallest absolute Gasteiger partial charge is 0.0213 e. The summed E-state index contributed by atoms with van der Waals surface area (Å²) in [5, 5.41) is 0. The van der Waals surface area contributed by atoms with Crippen LogP contribution in [-0.4, -0.2) is 6.04 Å². The van der Waals surface area contributed by atoms with Crippen molar-refractivity contribution < 1.29 is 0 Å². The fourth-order valence-electron chi connectivity index (χ4n) is 2.32. The van der Waals surface area contributed by atoms with E-state index in [4.69, 9.17) is 5.84 Å². The molecule has 0 spiro atoms. The molecule has 0 aromatic carbocycles. The number of nitrogens with one attached hydrogen (secondary N) is 1. The first-order valence-electron chi connectivity index (χ1n) is 5.18. The molecule has 0 saturated heterocycles. The summed E-state index contributed by atoms with van der Waals surface area (Å²) in [4.78, 5) is 0. The Morgan fingerprint density at radius 1 is 1.42 bits per heavy atom. The minimum atomic E-state index is 0.586. The second kappa shape index (κ2) is 4.83. The van der Waals surface area contributed by atoms with Crippen molar-refractivity contribution in [3.05, 3.63) is 0 Å². The fraction of sp³-hybridized carbons (Fsp3) is 1.00. The maximum Gasteiger partial charge on any atom is 0.0213 e. The summed E-state index contributed by atoms with van der Waals surface area (Å²) in [7, 11) is 0. The summed E-state index contributed by atoms with van der Waals surface area (Å²) in [6, 6.07) is 0.586. The van der Waals surface area contributed by atoms with Crippen molar-refractivity contribution >= 4 is 0 Å². The maximum atomic E-state index is 5.45. The average Bonchev–Trinajstić information content (AvgIpc) is 2.03. The third-order valence-electron chi connectivity index (χ3n) is 2.82. The van der Waals surface area contributed by atoms with Gasteiger partial charge in [-0.1, -0.05) is 26.7 Å². The van der Waals surface area contributed by atoms with E-state index in [0.29, 0.717) is 6.04 Å². The van der Waals surface area contributed by atoms with Crippen LogP contribution in [0.5, 0.6) is 0 Å². The molecule has 3 N–H and O–H groups in total. The van der Waals surface area contributed by atoms with E-state index in [1.165, 1.54) is 32.1 Å². The van der Waals surface area contributed by atoms with Gasteiger partial charge in [-0.05, 0) is 31.1 Å². The van der Waals surface area contributed by atoms with Crippen molar-refractivity contribution in [1.82, 2.24) is 5.43 Å². The molecule has 72 valence electrons. The lowest BCUT2D eigenvalue weighted by Gasteiger charge is -2.29. The lowest BCUT2D eigenvalue weighted by Crippen LogP contribution is -2.38. The zero-order chi connectivity index (χ0) is 8.97. The fourth-order valence-corrected chi connectivity index (χ4v) is 2.32. The van der Waals surface area contributed by atoms with Gasteiger partial charge in [0.2, 0.25) is 0 Å². The van der Waals surface area contributed by atoms with Crippen LogP contribution in [0.2, 0.25) is 0 Å². The second-order valence-corrected chi connectivity index (χ2v) is 4.53. The molecule has 0 aromatic heterocycles. The van der Waals surface area contributed by atoms with Crippen LogP contribution in [0.25, 0.3) is 0 Å². The number of hydrazine groups is 1. The summed E-state index contributed by atoms with van der Waals surface area (Å²) < 4.78 is 0. The van der Waals surface area contributed by atoms with Crippen molar-refractivity contribution in [2.45, 2.75) is 52.0 Å². The molecular weight excluding hydrogens is 148 g/mol. The first-order chi connectivity index (χ1) is 5.72. The highest BCUT2D eigenvalue weighted by Crippen LogP contribution is 2.28. The third kappa shape index (κ3) is 3.11. The minimum absolute atomic E-state index is 0.586. The van der Waals surface area contributed by atoms with E-state index in [0.717, 1.165) is 11.8 Å². The Balaban J connectivity index is 2.25. The van der Waals surface area contributed by atoms with Crippen LogP contribution in [0, 0.1) is 11.8 Å². The van der Waals surface area contributed by atoms with E-state index in [-0.39, 0.29) is 0 Å². The normalized spacial score (nSPS) is 31.0. The van der Waals surface area contributed by atoms with E-state index < -0.39 is 0 Å².